The molecule has 2 aromatic rings. The van der Waals surface area contributed by atoms with Gasteiger partial charge in [0.25, 0.3) is 0 Å². The fourth-order valence-corrected chi connectivity index (χ4v) is 1.76. The monoisotopic (exact) mass is 227 g/mol. The Balaban J connectivity index is 2.10. The van der Waals surface area contributed by atoms with E-state index >= 15 is 0 Å². The van der Waals surface area contributed by atoms with Crippen LogP contribution in [0.1, 0.15) is 5.56 Å². The Hall–Kier alpha value is -2.03. The molecular formula is C14H17N3. The number of anilines is 2. The maximum absolute atomic E-state index is 4.33. The predicted molar refractivity (Wildman–Crippen MR) is 72.3 cm³/mol. The maximum Gasteiger partial charge on any atom is 0.128 e. The first kappa shape index (κ1) is 11.5. The molecule has 0 aliphatic heterocycles. The van der Waals surface area contributed by atoms with Crippen molar-refractivity contribution < 1.29 is 0 Å². The quantitative estimate of drug-likeness (QED) is 0.870. The molecule has 0 saturated heterocycles. The summed E-state index contributed by atoms with van der Waals surface area (Å²) in [5.41, 5.74) is 2.40. The lowest BCUT2D eigenvalue weighted by Crippen LogP contribution is -2.17. The molecule has 0 unspecified atom stereocenters. The van der Waals surface area contributed by atoms with Gasteiger partial charge in [-0.3, -0.25) is 0 Å². The van der Waals surface area contributed by atoms with Crippen LogP contribution in [0.25, 0.3) is 0 Å². The van der Waals surface area contributed by atoms with E-state index in [-0.39, 0.29) is 0 Å². The molecule has 0 amide bonds. The van der Waals surface area contributed by atoms with Crippen LogP contribution >= 0.6 is 0 Å². The second kappa shape index (κ2) is 5.34. The van der Waals surface area contributed by atoms with E-state index < -0.39 is 0 Å². The number of rotatable bonds is 4. The molecule has 1 aromatic carbocycles. The topological polar surface area (TPSA) is 28.2 Å². The van der Waals surface area contributed by atoms with Crippen LogP contribution in [0, 0.1) is 0 Å². The molecule has 0 aliphatic carbocycles. The Morgan fingerprint density at radius 3 is 2.76 bits per heavy atom. The molecule has 0 bridgehead atoms. The van der Waals surface area contributed by atoms with E-state index in [2.05, 4.69) is 39.5 Å². The molecule has 17 heavy (non-hydrogen) atoms. The van der Waals surface area contributed by atoms with Crippen LogP contribution in [0.4, 0.5) is 11.5 Å². The first-order valence-electron chi connectivity index (χ1n) is 5.68. The highest BCUT2D eigenvalue weighted by Gasteiger charge is 2.02. The van der Waals surface area contributed by atoms with Gasteiger partial charge in [0, 0.05) is 32.5 Å². The molecular weight excluding hydrogens is 210 g/mol. The Morgan fingerprint density at radius 2 is 2.06 bits per heavy atom. The van der Waals surface area contributed by atoms with E-state index in [0.717, 1.165) is 18.1 Å². The van der Waals surface area contributed by atoms with E-state index in [4.69, 9.17) is 0 Å². The summed E-state index contributed by atoms with van der Waals surface area (Å²) in [4.78, 5) is 6.46. The third-order valence-electron chi connectivity index (χ3n) is 2.68. The van der Waals surface area contributed by atoms with Gasteiger partial charge in [-0.15, -0.1) is 0 Å². The van der Waals surface area contributed by atoms with Crippen molar-refractivity contribution in [3.05, 3.63) is 54.2 Å². The van der Waals surface area contributed by atoms with Crippen molar-refractivity contribution in [3.8, 4) is 0 Å². The molecule has 0 spiro atoms. The van der Waals surface area contributed by atoms with E-state index in [9.17, 15) is 0 Å². The van der Waals surface area contributed by atoms with Crippen molar-refractivity contribution in [1.29, 1.82) is 0 Å². The number of nitrogens with zero attached hydrogens (tertiary/aromatic N) is 2. The van der Waals surface area contributed by atoms with E-state index in [1.807, 2.05) is 38.5 Å². The summed E-state index contributed by atoms with van der Waals surface area (Å²) in [5, 5.41) is 3.15. The highest BCUT2D eigenvalue weighted by molar-refractivity contribution is 5.46. The van der Waals surface area contributed by atoms with Crippen molar-refractivity contribution >= 4 is 11.5 Å². The third kappa shape index (κ3) is 2.97. The second-order valence-electron chi connectivity index (χ2n) is 3.99. The Kier molecular flexibility index (Phi) is 3.60. The number of hydrogen-bond donors (Lipinski definition) is 1. The van der Waals surface area contributed by atoms with E-state index in [1.165, 1.54) is 5.56 Å². The minimum Gasteiger partial charge on any atom is -0.388 e. The van der Waals surface area contributed by atoms with Crippen LogP contribution in [-0.4, -0.2) is 19.1 Å². The Bertz CT molecular complexity index is 468. The Morgan fingerprint density at radius 1 is 1.18 bits per heavy atom. The van der Waals surface area contributed by atoms with Gasteiger partial charge in [-0.25, -0.2) is 4.98 Å². The summed E-state index contributed by atoms with van der Waals surface area (Å²) in [7, 11) is 3.98. The van der Waals surface area contributed by atoms with E-state index in [1.54, 1.807) is 0 Å². The molecule has 0 atom stereocenters. The van der Waals surface area contributed by atoms with Crippen LogP contribution in [-0.2, 0) is 6.54 Å². The predicted octanol–water partition coefficient (Wildman–Crippen LogP) is 2.76. The fraction of sp³-hybridized carbons (Fsp3) is 0.214. The van der Waals surface area contributed by atoms with Crippen molar-refractivity contribution in [2.75, 3.05) is 24.3 Å². The van der Waals surface area contributed by atoms with Gasteiger partial charge in [0.05, 0.1) is 0 Å². The van der Waals surface area contributed by atoms with Gasteiger partial charge in [0.1, 0.15) is 5.82 Å². The van der Waals surface area contributed by atoms with Crippen molar-refractivity contribution in [2.45, 2.75) is 6.54 Å². The second-order valence-corrected chi connectivity index (χ2v) is 3.99. The summed E-state index contributed by atoms with van der Waals surface area (Å²) >= 11 is 0. The molecule has 0 fully saturated rings. The minimum atomic E-state index is 0.854. The molecule has 3 heteroatoms. The highest BCUT2D eigenvalue weighted by atomic mass is 15.2. The zero-order valence-corrected chi connectivity index (χ0v) is 10.2. The Labute approximate surface area is 102 Å². The van der Waals surface area contributed by atoms with Crippen molar-refractivity contribution in [1.82, 2.24) is 4.98 Å². The summed E-state index contributed by atoms with van der Waals surface area (Å²) in [6.45, 7) is 0.854. The number of benzene rings is 1. The molecule has 1 N–H and O–H groups in total. The SMILES string of the molecule is CNc1cccc(CN(C)c2ccccn2)c1. The normalized spacial score (nSPS) is 10.0. The molecule has 2 rings (SSSR count). The summed E-state index contributed by atoms with van der Waals surface area (Å²) in [6, 6.07) is 14.3. The van der Waals surface area contributed by atoms with Gasteiger partial charge in [0.2, 0.25) is 0 Å². The molecule has 0 aliphatic rings. The zero-order chi connectivity index (χ0) is 12.1. The molecule has 1 aromatic heterocycles. The van der Waals surface area contributed by atoms with Crippen LogP contribution in [0.3, 0.4) is 0 Å². The molecule has 0 radical (unpaired) electrons. The largest absolute Gasteiger partial charge is 0.388 e. The van der Waals surface area contributed by atoms with Gasteiger partial charge in [0.15, 0.2) is 0 Å². The first-order valence-corrected chi connectivity index (χ1v) is 5.68. The summed E-state index contributed by atoms with van der Waals surface area (Å²) in [6.07, 6.45) is 1.82. The van der Waals surface area contributed by atoms with Crippen molar-refractivity contribution in [3.63, 3.8) is 0 Å². The van der Waals surface area contributed by atoms with Crippen molar-refractivity contribution in [2.24, 2.45) is 0 Å². The average Bonchev–Trinajstić information content (AvgIpc) is 2.40. The lowest BCUT2D eigenvalue weighted by Gasteiger charge is -2.18. The van der Waals surface area contributed by atoms with Crippen LogP contribution in [0.5, 0.6) is 0 Å². The lowest BCUT2D eigenvalue weighted by atomic mass is 10.2. The van der Waals surface area contributed by atoms with Gasteiger partial charge >= 0.3 is 0 Å². The van der Waals surface area contributed by atoms with Crippen LogP contribution < -0.4 is 10.2 Å². The highest BCUT2D eigenvalue weighted by Crippen LogP contribution is 2.14. The molecule has 0 saturated carbocycles. The fourth-order valence-electron chi connectivity index (χ4n) is 1.76. The zero-order valence-electron chi connectivity index (χ0n) is 10.2. The first-order chi connectivity index (χ1) is 8.29. The lowest BCUT2D eigenvalue weighted by molar-refractivity contribution is 0.898. The molecule has 88 valence electrons. The van der Waals surface area contributed by atoms with Crippen LogP contribution in [0.15, 0.2) is 48.7 Å². The third-order valence-corrected chi connectivity index (χ3v) is 2.68. The summed E-state index contributed by atoms with van der Waals surface area (Å²) in [5.74, 6) is 0.988. The van der Waals surface area contributed by atoms with Gasteiger partial charge in [-0.1, -0.05) is 18.2 Å². The standard InChI is InChI=1S/C14H17N3/c1-15-13-7-5-6-12(10-13)11-17(2)14-8-3-4-9-16-14/h3-10,15H,11H2,1-2H3. The molecule has 1 heterocycles. The van der Waals surface area contributed by atoms with Crippen LogP contribution in [0.2, 0.25) is 0 Å². The number of aromatic nitrogens is 1. The van der Waals surface area contributed by atoms with Gasteiger partial charge in [-0.05, 0) is 29.8 Å². The number of nitrogens with one attached hydrogen (secondary N) is 1. The van der Waals surface area contributed by atoms with E-state index in [0.29, 0.717) is 0 Å². The maximum atomic E-state index is 4.33. The van der Waals surface area contributed by atoms with Gasteiger partial charge in [-0.2, -0.15) is 0 Å². The van der Waals surface area contributed by atoms with Gasteiger partial charge < -0.3 is 10.2 Å². The number of hydrogen-bond acceptors (Lipinski definition) is 3. The molecule has 3 nitrogen and oxygen atoms in total. The number of pyridine rings is 1. The minimum absolute atomic E-state index is 0.854. The summed E-state index contributed by atoms with van der Waals surface area (Å²) < 4.78 is 0. The smallest absolute Gasteiger partial charge is 0.128 e. The average molecular weight is 227 g/mol.